The molecule has 0 aliphatic rings. The third kappa shape index (κ3) is 3.72. The van der Waals surface area contributed by atoms with Crippen LogP contribution in [0.15, 0.2) is 67.3 Å². The van der Waals surface area contributed by atoms with Crippen molar-refractivity contribution in [3.05, 3.63) is 83.9 Å². The molecular weight excluding hydrogens is 312 g/mol. The smallest absolute Gasteiger partial charge is 0.165 e. The van der Waals surface area contributed by atoms with Gasteiger partial charge in [0.2, 0.25) is 0 Å². The van der Waals surface area contributed by atoms with Crippen LogP contribution in [0, 0.1) is 0 Å². The SMILES string of the molecule is C=CCc1cc(C=O)cc(OC)c1OCc1ccc2ccccc2c1. The molecule has 0 aliphatic heterocycles. The number of hydrogen-bond donors (Lipinski definition) is 0. The van der Waals surface area contributed by atoms with E-state index in [1.807, 2.05) is 18.2 Å². The zero-order valence-corrected chi connectivity index (χ0v) is 14.2. The van der Waals surface area contributed by atoms with Crippen molar-refractivity contribution in [1.29, 1.82) is 0 Å². The fourth-order valence-corrected chi connectivity index (χ4v) is 2.86. The summed E-state index contributed by atoms with van der Waals surface area (Å²) in [7, 11) is 1.57. The Morgan fingerprint density at radius 2 is 1.84 bits per heavy atom. The highest BCUT2D eigenvalue weighted by atomic mass is 16.5. The molecule has 0 saturated carbocycles. The zero-order chi connectivity index (χ0) is 17.6. The van der Waals surface area contributed by atoms with Gasteiger partial charge in [-0.15, -0.1) is 6.58 Å². The number of methoxy groups -OCH3 is 1. The van der Waals surface area contributed by atoms with Gasteiger partial charge in [-0.2, -0.15) is 0 Å². The number of aldehydes is 1. The number of fused-ring (bicyclic) bond motifs is 1. The second kappa shape index (κ2) is 7.67. The molecule has 0 heterocycles. The van der Waals surface area contributed by atoms with E-state index in [9.17, 15) is 4.79 Å². The second-order valence-electron chi connectivity index (χ2n) is 5.79. The lowest BCUT2D eigenvalue weighted by Gasteiger charge is -2.15. The van der Waals surface area contributed by atoms with Gasteiger partial charge in [-0.3, -0.25) is 4.79 Å². The summed E-state index contributed by atoms with van der Waals surface area (Å²) in [6.45, 7) is 4.20. The second-order valence-corrected chi connectivity index (χ2v) is 5.79. The van der Waals surface area contributed by atoms with Gasteiger partial charge in [-0.1, -0.05) is 42.5 Å². The molecule has 25 heavy (non-hydrogen) atoms. The molecule has 3 rings (SSSR count). The van der Waals surface area contributed by atoms with Crippen LogP contribution in [-0.4, -0.2) is 13.4 Å². The van der Waals surface area contributed by atoms with E-state index in [2.05, 4.69) is 36.9 Å². The summed E-state index contributed by atoms with van der Waals surface area (Å²) in [4.78, 5) is 11.1. The van der Waals surface area contributed by atoms with Gasteiger partial charge in [0.05, 0.1) is 7.11 Å². The molecule has 0 amide bonds. The van der Waals surface area contributed by atoms with Crippen molar-refractivity contribution in [2.75, 3.05) is 7.11 Å². The Morgan fingerprint density at radius 3 is 2.56 bits per heavy atom. The molecule has 0 atom stereocenters. The monoisotopic (exact) mass is 332 g/mol. The summed E-state index contributed by atoms with van der Waals surface area (Å²) in [6, 6.07) is 18.0. The number of rotatable bonds is 7. The minimum absolute atomic E-state index is 0.422. The first kappa shape index (κ1) is 16.8. The molecule has 0 spiro atoms. The molecule has 0 saturated heterocycles. The van der Waals surface area contributed by atoms with E-state index in [1.165, 1.54) is 10.8 Å². The van der Waals surface area contributed by atoms with E-state index in [1.54, 1.807) is 19.3 Å². The van der Waals surface area contributed by atoms with Crippen molar-refractivity contribution in [3.63, 3.8) is 0 Å². The Labute approximate surface area is 147 Å². The standard InChI is InChI=1S/C22H20O3/c1-3-6-20-12-17(14-23)13-21(24-2)22(20)25-15-16-9-10-18-7-4-5-8-19(18)11-16/h3-5,7-14H,1,6,15H2,2H3. The number of hydrogen-bond acceptors (Lipinski definition) is 3. The van der Waals surface area contributed by atoms with Crippen LogP contribution in [0.3, 0.4) is 0 Å². The van der Waals surface area contributed by atoms with Crippen LogP contribution < -0.4 is 9.47 Å². The van der Waals surface area contributed by atoms with Gasteiger partial charge in [0, 0.05) is 11.1 Å². The van der Waals surface area contributed by atoms with E-state index in [-0.39, 0.29) is 0 Å². The zero-order valence-electron chi connectivity index (χ0n) is 14.2. The van der Waals surface area contributed by atoms with Crippen molar-refractivity contribution in [1.82, 2.24) is 0 Å². The summed E-state index contributed by atoms with van der Waals surface area (Å²) in [5.41, 5.74) is 2.52. The Morgan fingerprint density at radius 1 is 1.04 bits per heavy atom. The molecule has 0 aromatic heterocycles. The quantitative estimate of drug-likeness (QED) is 0.453. The Kier molecular flexibility index (Phi) is 5.14. The normalized spacial score (nSPS) is 10.4. The molecule has 0 bridgehead atoms. The van der Waals surface area contributed by atoms with Gasteiger partial charge in [0.15, 0.2) is 11.5 Å². The molecular formula is C22H20O3. The maximum atomic E-state index is 11.1. The minimum atomic E-state index is 0.422. The first-order valence-corrected chi connectivity index (χ1v) is 8.12. The fourth-order valence-electron chi connectivity index (χ4n) is 2.86. The summed E-state index contributed by atoms with van der Waals surface area (Å²) in [6.07, 6.45) is 3.19. The van der Waals surface area contributed by atoms with Crippen molar-refractivity contribution < 1.29 is 14.3 Å². The van der Waals surface area contributed by atoms with Gasteiger partial charge in [0.25, 0.3) is 0 Å². The lowest BCUT2D eigenvalue weighted by atomic mass is 10.1. The third-order valence-electron chi connectivity index (χ3n) is 4.07. The van der Waals surface area contributed by atoms with Crippen molar-refractivity contribution in [2.45, 2.75) is 13.0 Å². The van der Waals surface area contributed by atoms with E-state index in [0.29, 0.717) is 30.1 Å². The Balaban J connectivity index is 1.90. The van der Waals surface area contributed by atoms with Crippen LogP contribution in [0.4, 0.5) is 0 Å². The molecule has 0 N–H and O–H groups in total. The van der Waals surface area contributed by atoms with Gasteiger partial charge >= 0.3 is 0 Å². The van der Waals surface area contributed by atoms with Gasteiger partial charge in [0.1, 0.15) is 12.9 Å². The van der Waals surface area contributed by atoms with Crippen LogP contribution in [0.2, 0.25) is 0 Å². The van der Waals surface area contributed by atoms with Gasteiger partial charge in [-0.25, -0.2) is 0 Å². The van der Waals surface area contributed by atoms with E-state index in [0.717, 1.165) is 17.4 Å². The molecule has 126 valence electrons. The topological polar surface area (TPSA) is 35.5 Å². The summed E-state index contributed by atoms with van der Waals surface area (Å²) < 4.78 is 11.5. The molecule has 0 unspecified atom stereocenters. The lowest BCUT2D eigenvalue weighted by molar-refractivity contribution is 0.112. The van der Waals surface area contributed by atoms with Gasteiger partial charge in [-0.05, 0) is 41.0 Å². The molecule has 3 aromatic carbocycles. The van der Waals surface area contributed by atoms with E-state index in [4.69, 9.17) is 9.47 Å². The maximum absolute atomic E-state index is 11.1. The van der Waals surface area contributed by atoms with Gasteiger partial charge < -0.3 is 9.47 Å². The molecule has 3 heteroatoms. The first-order valence-electron chi connectivity index (χ1n) is 8.12. The number of benzene rings is 3. The highest BCUT2D eigenvalue weighted by Crippen LogP contribution is 2.34. The number of ether oxygens (including phenoxy) is 2. The van der Waals surface area contributed by atoms with E-state index < -0.39 is 0 Å². The molecule has 3 aromatic rings. The Hall–Kier alpha value is -3.07. The predicted molar refractivity (Wildman–Crippen MR) is 101 cm³/mol. The average Bonchev–Trinajstić information content (AvgIpc) is 2.66. The first-order chi connectivity index (χ1) is 12.2. The molecule has 0 fully saturated rings. The lowest BCUT2D eigenvalue weighted by Crippen LogP contribution is -2.02. The fraction of sp³-hybridized carbons (Fsp3) is 0.136. The van der Waals surface area contributed by atoms with Crippen LogP contribution in [0.25, 0.3) is 10.8 Å². The van der Waals surface area contributed by atoms with Crippen LogP contribution in [0.5, 0.6) is 11.5 Å². The third-order valence-corrected chi connectivity index (χ3v) is 4.07. The summed E-state index contributed by atoms with van der Waals surface area (Å²) in [5, 5.41) is 2.38. The van der Waals surface area contributed by atoms with Crippen LogP contribution >= 0.6 is 0 Å². The summed E-state index contributed by atoms with van der Waals surface area (Å²) >= 11 is 0. The minimum Gasteiger partial charge on any atom is -0.493 e. The van der Waals surface area contributed by atoms with E-state index >= 15 is 0 Å². The van der Waals surface area contributed by atoms with Crippen LogP contribution in [0.1, 0.15) is 21.5 Å². The summed E-state index contributed by atoms with van der Waals surface area (Å²) in [5.74, 6) is 1.21. The Bertz CT molecular complexity index is 912. The highest BCUT2D eigenvalue weighted by molar-refractivity contribution is 5.83. The van der Waals surface area contributed by atoms with Crippen molar-refractivity contribution in [2.24, 2.45) is 0 Å². The molecule has 0 radical (unpaired) electrons. The molecule has 0 aliphatic carbocycles. The number of allylic oxidation sites excluding steroid dienone is 1. The maximum Gasteiger partial charge on any atom is 0.165 e. The number of carbonyl (C=O) groups excluding carboxylic acids is 1. The predicted octanol–water partition coefficient (Wildman–Crippen LogP) is 4.97. The highest BCUT2D eigenvalue weighted by Gasteiger charge is 2.13. The number of carbonyl (C=O) groups is 1. The largest absolute Gasteiger partial charge is 0.493 e. The van der Waals surface area contributed by atoms with Crippen molar-refractivity contribution in [3.8, 4) is 11.5 Å². The average molecular weight is 332 g/mol. The van der Waals surface area contributed by atoms with Crippen LogP contribution in [-0.2, 0) is 13.0 Å². The van der Waals surface area contributed by atoms with Crippen molar-refractivity contribution >= 4 is 17.1 Å². The molecule has 3 nitrogen and oxygen atoms in total.